The summed E-state index contributed by atoms with van der Waals surface area (Å²) in [5.41, 5.74) is 8.25. The molecule has 0 heterocycles. The molecule has 1 aromatic carbocycles. The Morgan fingerprint density at radius 2 is 2.24 bits per heavy atom. The van der Waals surface area contributed by atoms with Crippen molar-refractivity contribution >= 4 is 5.97 Å². The molecule has 0 radical (unpaired) electrons. The predicted molar refractivity (Wildman–Crippen MR) is 84.5 cm³/mol. The lowest BCUT2D eigenvalue weighted by Crippen LogP contribution is -2.42. The van der Waals surface area contributed by atoms with Crippen LogP contribution in [0, 0.1) is 0 Å². The monoisotopic (exact) mass is 290 g/mol. The van der Waals surface area contributed by atoms with Gasteiger partial charge in [0.05, 0.1) is 0 Å². The van der Waals surface area contributed by atoms with Crippen LogP contribution in [0.1, 0.15) is 37.8 Å². The zero-order chi connectivity index (χ0) is 15.2. The van der Waals surface area contributed by atoms with E-state index in [4.69, 9.17) is 10.5 Å². The number of hydrogen-bond donors (Lipinski definition) is 1. The van der Waals surface area contributed by atoms with Crippen LogP contribution in [0.3, 0.4) is 0 Å². The van der Waals surface area contributed by atoms with Crippen molar-refractivity contribution in [3.8, 4) is 5.75 Å². The van der Waals surface area contributed by atoms with E-state index in [-0.39, 0.29) is 5.97 Å². The van der Waals surface area contributed by atoms with Crippen molar-refractivity contribution in [2.45, 2.75) is 45.6 Å². The van der Waals surface area contributed by atoms with E-state index in [1.165, 1.54) is 18.1 Å². The van der Waals surface area contributed by atoms with Crippen LogP contribution < -0.4 is 10.5 Å². The number of esters is 1. The van der Waals surface area contributed by atoms with E-state index >= 15 is 0 Å². The van der Waals surface area contributed by atoms with E-state index < -0.39 is 0 Å². The first-order valence-corrected chi connectivity index (χ1v) is 7.89. The van der Waals surface area contributed by atoms with Crippen LogP contribution in [0.15, 0.2) is 18.2 Å². The fraction of sp³-hybridized carbons (Fsp3) is 0.588. The van der Waals surface area contributed by atoms with Gasteiger partial charge in [-0.3, -0.25) is 9.69 Å². The molecule has 4 nitrogen and oxygen atoms in total. The zero-order valence-corrected chi connectivity index (χ0v) is 13.1. The Kier molecular flexibility index (Phi) is 5.76. The SMILES string of the molecule is CCCN(CCN)C1CCc2c(cccc2OC(C)=O)C1. The number of carbonyl (C=O) groups excluding carboxylic acids is 1. The number of ether oxygens (including phenoxy) is 1. The summed E-state index contributed by atoms with van der Waals surface area (Å²) in [7, 11) is 0. The molecule has 1 aliphatic carbocycles. The van der Waals surface area contributed by atoms with Crippen molar-refractivity contribution in [3.63, 3.8) is 0 Å². The van der Waals surface area contributed by atoms with Gasteiger partial charge < -0.3 is 10.5 Å². The maximum atomic E-state index is 11.2. The first-order chi connectivity index (χ1) is 10.2. The molecule has 0 bridgehead atoms. The Morgan fingerprint density at radius 3 is 2.90 bits per heavy atom. The number of nitrogens with two attached hydrogens (primary N) is 1. The van der Waals surface area contributed by atoms with Gasteiger partial charge in [-0.05, 0) is 49.4 Å². The van der Waals surface area contributed by atoms with Crippen LogP contribution in [-0.4, -0.2) is 36.5 Å². The van der Waals surface area contributed by atoms with E-state index in [2.05, 4.69) is 17.9 Å². The Labute approximate surface area is 127 Å². The summed E-state index contributed by atoms with van der Waals surface area (Å²) in [6.07, 6.45) is 4.24. The van der Waals surface area contributed by atoms with Crippen LogP contribution in [0.2, 0.25) is 0 Å². The third kappa shape index (κ3) is 4.05. The molecule has 0 aliphatic heterocycles. The van der Waals surface area contributed by atoms with Gasteiger partial charge in [0.25, 0.3) is 0 Å². The molecule has 0 aromatic heterocycles. The highest BCUT2D eigenvalue weighted by Crippen LogP contribution is 2.31. The van der Waals surface area contributed by atoms with Gasteiger partial charge in [-0.15, -0.1) is 0 Å². The van der Waals surface area contributed by atoms with E-state index in [1.807, 2.05) is 12.1 Å². The van der Waals surface area contributed by atoms with E-state index in [1.54, 1.807) is 0 Å². The molecule has 21 heavy (non-hydrogen) atoms. The average Bonchev–Trinajstić information content (AvgIpc) is 2.46. The van der Waals surface area contributed by atoms with Crippen molar-refractivity contribution in [3.05, 3.63) is 29.3 Å². The molecule has 1 atom stereocenters. The molecule has 4 heteroatoms. The zero-order valence-electron chi connectivity index (χ0n) is 13.1. The maximum absolute atomic E-state index is 11.2. The van der Waals surface area contributed by atoms with Crippen molar-refractivity contribution in [1.29, 1.82) is 0 Å². The van der Waals surface area contributed by atoms with Crippen molar-refractivity contribution < 1.29 is 9.53 Å². The predicted octanol–water partition coefficient (Wildman–Crippen LogP) is 2.14. The standard InChI is InChI=1S/C17H26N2O2/c1-3-10-19(11-9-18)15-7-8-16-14(12-15)5-4-6-17(16)21-13(2)20/h4-6,15H,3,7-12,18H2,1-2H3. The van der Waals surface area contributed by atoms with Crippen molar-refractivity contribution in [1.82, 2.24) is 4.90 Å². The molecule has 0 amide bonds. The van der Waals surface area contributed by atoms with Gasteiger partial charge in [0.1, 0.15) is 5.75 Å². The number of benzene rings is 1. The van der Waals surface area contributed by atoms with Crippen LogP contribution in [-0.2, 0) is 17.6 Å². The minimum atomic E-state index is -0.249. The summed E-state index contributed by atoms with van der Waals surface area (Å²) in [6.45, 7) is 6.42. The smallest absolute Gasteiger partial charge is 0.308 e. The summed E-state index contributed by atoms with van der Waals surface area (Å²) in [6, 6.07) is 6.58. The number of nitrogens with zero attached hydrogens (tertiary/aromatic N) is 1. The Balaban J connectivity index is 2.14. The highest BCUT2D eigenvalue weighted by Gasteiger charge is 2.25. The number of hydrogen-bond acceptors (Lipinski definition) is 4. The molecule has 0 fully saturated rings. The molecule has 116 valence electrons. The Morgan fingerprint density at radius 1 is 1.43 bits per heavy atom. The second kappa shape index (κ2) is 7.57. The third-order valence-electron chi connectivity index (χ3n) is 4.11. The minimum absolute atomic E-state index is 0.249. The fourth-order valence-corrected chi connectivity index (χ4v) is 3.25. The van der Waals surface area contributed by atoms with E-state index in [0.717, 1.165) is 44.5 Å². The van der Waals surface area contributed by atoms with Gasteiger partial charge in [-0.25, -0.2) is 0 Å². The van der Waals surface area contributed by atoms with Gasteiger partial charge in [-0.2, -0.15) is 0 Å². The van der Waals surface area contributed by atoms with E-state index in [0.29, 0.717) is 12.6 Å². The normalized spacial score (nSPS) is 17.6. The Bertz CT molecular complexity index is 482. The van der Waals surface area contributed by atoms with Crippen LogP contribution in [0.4, 0.5) is 0 Å². The number of fused-ring (bicyclic) bond motifs is 1. The van der Waals surface area contributed by atoms with E-state index in [9.17, 15) is 4.79 Å². The summed E-state index contributed by atoms with van der Waals surface area (Å²) < 4.78 is 5.33. The quantitative estimate of drug-likeness (QED) is 0.644. The average molecular weight is 290 g/mol. The second-order valence-corrected chi connectivity index (χ2v) is 5.71. The first kappa shape index (κ1) is 16.0. The van der Waals surface area contributed by atoms with Gasteiger partial charge >= 0.3 is 5.97 Å². The van der Waals surface area contributed by atoms with Gasteiger partial charge in [0, 0.05) is 26.1 Å². The lowest BCUT2D eigenvalue weighted by molar-refractivity contribution is -0.131. The molecule has 1 unspecified atom stereocenters. The lowest BCUT2D eigenvalue weighted by Gasteiger charge is -2.35. The molecule has 1 aromatic rings. The molecule has 2 N–H and O–H groups in total. The van der Waals surface area contributed by atoms with Crippen LogP contribution in [0.25, 0.3) is 0 Å². The van der Waals surface area contributed by atoms with Gasteiger partial charge in [0.2, 0.25) is 0 Å². The van der Waals surface area contributed by atoms with Crippen molar-refractivity contribution in [2.75, 3.05) is 19.6 Å². The highest BCUT2D eigenvalue weighted by molar-refractivity contribution is 5.70. The molecule has 0 saturated heterocycles. The number of rotatable bonds is 6. The lowest BCUT2D eigenvalue weighted by atomic mass is 9.86. The van der Waals surface area contributed by atoms with Crippen molar-refractivity contribution in [2.24, 2.45) is 5.73 Å². The molecule has 0 spiro atoms. The summed E-state index contributed by atoms with van der Waals surface area (Å²) in [5.74, 6) is 0.487. The van der Waals surface area contributed by atoms with Gasteiger partial charge in [0.15, 0.2) is 0 Å². The molecular weight excluding hydrogens is 264 g/mol. The summed E-state index contributed by atoms with van der Waals surface area (Å²) in [4.78, 5) is 13.7. The molecule has 2 rings (SSSR count). The Hall–Kier alpha value is -1.39. The fourth-order valence-electron chi connectivity index (χ4n) is 3.25. The summed E-state index contributed by atoms with van der Waals surface area (Å²) in [5, 5.41) is 0. The largest absolute Gasteiger partial charge is 0.426 e. The molecule has 0 saturated carbocycles. The first-order valence-electron chi connectivity index (χ1n) is 7.89. The minimum Gasteiger partial charge on any atom is -0.426 e. The molecule has 1 aliphatic rings. The third-order valence-corrected chi connectivity index (χ3v) is 4.11. The molecular formula is C17H26N2O2. The summed E-state index contributed by atoms with van der Waals surface area (Å²) >= 11 is 0. The number of carbonyl (C=O) groups is 1. The van der Waals surface area contributed by atoms with Crippen LogP contribution >= 0.6 is 0 Å². The second-order valence-electron chi connectivity index (χ2n) is 5.71. The topological polar surface area (TPSA) is 55.6 Å². The highest BCUT2D eigenvalue weighted by atomic mass is 16.5. The van der Waals surface area contributed by atoms with Gasteiger partial charge in [-0.1, -0.05) is 19.1 Å². The van der Waals surface area contributed by atoms with Crippen LogP contribution in [0.5, 0.6) is 5.75 Å². The maximum Gasteiger partial charge on any atom is 0.308 e.